The summed E-state index contributed by atoms with van der Waals surface area (Å²) in [5.74, 6) is 0.842. The van der Waals surface area contributed by atoms with E-state index < -0.39 is 0 Å². The fourth-order valence-electron chi connectivity index (χ4n) is 2.26. The first-order chi connectivity index (χ1) is 12.6. The van der Waals surface area contributed by atoms with Gasteiger partial charge in [0, 0.05) is 26.8 Å². The van der Waals surface area contributed by atoms with Gasteiger partial charge in [-0.1, -0.05) is 0 Å². The first kappa shape index (κ1) is 21.8. The van der Waals surface area contributed by atoms with Crippen molar-refractivity contribution in [1.29, 1.82) is 0 Å². The molecule has 0 N–H and O–H groups in total. The minimum absolute atomic E-state index is 0.0935. The molecule has 1 rings (SSSR count). The second-order valence-corrected chi connectivity index (χ2v) is 5.48. The molecule has 0 atom stereocenters. The highest BCUT2D eigenvalue weighted by Gasteiger charge is 2.16. The summed E-state index contributed by atoms with van der Waals surface area (Å²) in [7, 11) is 1.61. The largest absolute Gasteiger partial charge is 0.494 e. The van der Waals surface area contributed by atoms with E-state index in [4.69, 9.17) is 18.9 Å². The van der Waals surface area contributed by atoms with E-state index in [9.17, 15) is 9.59 Å². The van der Waals surface area contributed by atoms with Crippen molar-refractivity contribution in [3.63, 3.8) is 0 Å². The Morgan fingerprint density at radius 3 is 2.19 bits per heavy atom. The number of rotatable bonds is 13. The van der Waals surface area contributed by atoms with Crippen LogP contribution in [0.25, 0.3) is 0 Å². The summed E-state index contributed by atoms with van der Waals surface area (Å²) in [6.45, 7) is 5.84. The van der Waals surface area contributed by atoms with Gasteiger partial charge in [0.15, 0.2) is 6.61 Å². The van der Waals surface area contributed by atoms with Crippen LogP contribution in [0.3, 0.4) is 0 Å². The molecule has 0 fully saturated rings. The van der Waals surface area contributed by atoms with E-state index in [0.29, 0.717) is 45.1 Å². The van der Waals surface area contributed by atoms with Gasteiger partial charge in [-0.25, -0.2) is 0 Å². The molecule has 0 aliphatic heterocycles. The molecule has 0 aromatic heterocycles. The van der Waals surface area contributed by atoms with Crippen molar-refractivity contribution in [2.24, 2.45) is 0 Å². The molecule has 0 saturated carbocycles. The summed E-state index contributed by atoms with van der Waals surface area (Å²) in [5, 5.41) is 0. The van der Waals surface area contributed by atoms with Gasteiger partial charge >= 0.3 is 5.97 Å². The van der Waals surface area contributed by atoms with E-state index in [1.807, 2.05) is 6.92 Å². The van der Waals surface area contributed by atoms with Gasteiger partial charge in [-0.05, 0) is 44.5 Å². The van der Waals surface area contributed by atoms with Gasteiger partial charge in [-0.3, -0.25) is 9.59 Å². The molecule has 0 saturated heterocycles. The first-order valence-electron chi connectivity index (χ1n) is 8.88. The lowest BCUT2D eigenvalue weighted by Gasteiger charge is -2.22. The van der Waals surface area contributed by atoms with E-state index in [-0.39, 0.29) is 24.9 Å². The van der Waals surface area contributed by atoms with E-state index in [1.165, 1.54) is 0 Å². The van der Waals surface area contributed by atoms with Crippen LogP contribution in [-0.4, -0.2) is 63.4 Å². The van der Waals surface area contributed by atoms with Gasteiger partial charge in [0.1, 0.15) is 11.5 Å². The lowest BCUT2D eigenvalue weighted by molar-refractivity contribution is -0.144. The van der Waals surface area contributed by atoms with Gasteiger partial charge in [0.05, 0.1) is 19.6 Å². The summed E-state index contributed by atoms with van der Waals surface area (Å²) >= 11 is 0. The van der Waals surface area contributed by atoms with Crippen LogP contribution < -0.4 is 9.47 Å². The van der Waals surface area contributed by atoms with Crippen LogP contribution in [0.2, 0.25) is 0 Å². The molecule has 7 heteroatoms. The molecule has 0 bridgehead atoms. The second kappa shape index (κ2) is 13.0. The SMILES string of the molecule is CCOC(=O)CCN(CCCOC)C(=O)COc1ccc(OCC)cc1. The highest BCUT2D eigenvalue weighted by atomic mass is 16.5. The molecule has 7 nitrogen and oxygen atoms in total. The van der Waals surface area contributed by atoms with Crippen molar-refractivity contribution in [3.05, 3.63) is 24.3 Å². The number of ether oxygens (including phenoxy) is 4. The summed E-state index contributed by atoms with van der Waals surface area (Å²) in [4.78, 5) is 25.6. The molecule has 0 aliphatic carbocycles. The zero-order valence-corrected chi connectivity index (χ0v) is 15.9. The lowest BCUT2D eigenvalue weighted by Crippen LogP contribution is -2.37. The van der Waals surface area contributed by atoms with Gasteiger partial charge in [0.2, 0.25) is 0 Å². The Hall–Kier alpha value is -2.28. The standard InChI is InChI=1S/C19H29NO6/c1-4-24-16-7-9-17(10-8-16)26-15-18(21)20(12-6-14-23-3)13-11-19(22)25-5-2/h7-10H,4-6,11-15H2,1-3H3. The number of methoxy groups -OCH3 is 1. The maximum Gasteiger partial charge on any atom is 0.307 e. The summed E-state index contributed by atoms with van der Waals surface area (Å²) < 4.78 is 20.9. The lowest BCUT2D eigenvalue weighted by atomic mass is 10.3. The average molecular weight is 367 g/mol. The van der Waals surface area contributed by atoms with E-state index in [1.54, 1.807) is 43.2 Å². The van der Waals surface area contributed by atoms with Crippen LogP contribution in [0.4, 0.5) is 0 Å². The molecular weight excluding hydrogens is 338 g/mol. The van der Waals surface area contributed by atoms with Crippen LogP contribution in [0.5, 0.6) is 11.5 Å². The van der Waals surface area contributed by atoms with Crippen molar-refractivity contribution >= 4 is 11.9 Å². The molecule has 0 spiro atoms. The smallest absolute Gasteiger partial charge is 0.307 e. The van der Waals surface area contributed by atoms with E-state index >= 15 is 0 Å². The molecule has 1 aromatic carbocycles. The number of carbonyl (C=O) groups is 2. The highest BCUT2D eigenvalue weighted by Crippen LogP contribution is 2.17. The molecule has 0 unspecified atom stereocenters. The average Bonchev–Trinajstić information content (AvgIpc) is 2.64. The van der Waals surface area contributed by atoms with Gasteiger partial charge in [0.25, 0.3) is 5.91 Å². The van der Waals surface area contributed by atoms with Gasteiger partial charge in [-0.2, -0.15) is 0 Å². The van der Waals surface area contributed by atoms with Crippen molar-refractivity contribution in [2.45, 2.75) is 26.7 Å². The van der Waals surface area contributed by atoms with Crippen LogP contribution in [-0.2, 0) is 19.1 Å². The maximum absolute atomic E-state index is 12.4. The van der Waals surface area contributed by atoms with Crippen LogP contribution in [0, 0.1) is 0 Å². The third kappa shape index (κ3) is 8.71. The predicted molar refractivity (Wildman–Crippen MR) is 97.4 cm³/mol. The zero-order valence-electron chi connectivity index (χ0n) is 15.9. The first-order valence-corrected chi connectivity index (χ1v) is 8.88. The summed E-state index contributed by atoms with van der Waals surface area (Å²) in [6, 6.07) is 7.10. The van der Waals surface area contributed by atoms with Crippen LogP contribution in [0.15, 0.2) is 24.3 Å². The Morgan fingerprint density at radius 2 is 1.62 bits per heavy atom. The van der Waals surface area contributed by atoms with Crippen molar-refractivity contribution < 1.29 is 28.5 Å². The molecule has 1 amide bonds. The molecule has 0 aliphatic rings. The van der Waals surface area contributed by atoms with Crippen LogP contribution >= 0.6 is 0 Å². The highest BCUT2D eigenvalue weighted by molar-refractivity contribution is 5.78. The number of carbonyl (C=O) groups excluding carboxylic acids is 2. The number of esters is 1. The summed E-state index contributed by atoms with van der Waals surface area (Å²) in [6.07, 6.45) is 0.851. The number of nitrogens with zero attached hydrogens (tertiary/aromatic N) is 1. The fraction of sp³-hybridized carbons (Fsp3) is 0.579. The Morgan fingerprint density at radius 1 is 0.962 bits per heavy atom. The number of amides is 1. The molecular formula is C19H29NO6. The quantitative estimate of drug-likeness (QED) is 0.393. The molecule has 146 valence electrons. The molecule has 0 heterocycles. The third-order valence-corrected chi connectivity index (χ3v) is 3.52. The Kier molecular flexibility index (Phi) is 10.9. The minimum Gasteiger partial charge on any atom is -0.494 e. The van der Waals surface area contributed by atoms with Crippen molar-refractivity contribution in [3.8, 4) is 11.5 Å². The molecule has 1 aromatic rings. The normalized spacial score (nSPS) is 10.3. The topological polar surface area (TPSA) is 74.3 Å². The number of hydrogen-bond donors (Lipinski definition) is 0. The van der Waals surface area contributed by atoms with Gasteiger partial charge < -0.3 is 23.8 Å². The summed E-state index contributed by atoms with van der Waals surface area (Å²) in [5.41, 5.74) is 0. The third-order valence-electron chi connectivity index (χ3n) is 3.52. The Bertz CT molecular complexity index is 531. The molecule has 26 heavy (non-hydrogen) atoms. The van der Waals surface area contributed by atoms with E-state index in [2.05, 4.69) is 0 Å². The molecule has 0 radical (unpaired) electrons. The minimum atomic E-state index is -0.315. The predicted octanol–water partition coefficient (Wildman–Crippen LogP) is 2.28. The zero-order chi connectivity index (χ0) is 19.2. The van der Waals surface area contributed by atoms with Crippen molar-refractivity contribution in [1.82, 2.24) is 4.90 Å². The maximum atomic E-state index is 12.4. The fourth-order valence-corrected chi connectivity index (χ4v) is 2.26. The van der Waals surface area contributed by atoms with Crippen LogP contribution in [0.1, 0.15) is 26.7 Å². The number of hydrogen-bond acceptors (Lipinski definition) is 6. The van der Waals surface area contributed by atoms with E-state index in [0.717, 1.165) is 5.75 Å². The number of benzene rings is 1. The Balaban J connectivity index is 2.52. The van der Waals surface area contributed by atoms with Gasteiger partial charge in [-0.15, -0.1) is 0 Å². The second-order valence-electron chi connectivity index (χ2n) is 5.48. The monoisotopic (exact) mass is 367 g/mol. The van der Waals surface area contributed by atoms with Crippen molar-refractivity contribution in [2.75, 3.05) is 46.6 Å². The Labute approximate surface area is 155 Å².